The van der Waals surface area contributed by atoms with Crippen molar-refractivity contribution in [2.45, 2.75) is 33.2 Å². The molecule has 0 saturated heterocycles. The molecule has 0 aromatic carbocycles. The zero-order chi connectivity index (χ0) is 11.1. The number of nitrogens with zero attached hydrogens (tertiary/aromatic N) is 1. The maximum atomic E-state index is 5.66. The fourth-order valence-corrected chi connectivity index (χ4v) is 1.38. The van der Waals surface area contributed by atoms with Crippen molar-refractivity contribution < 1.29 is 4.74 Å². The van der Waals surface area contributed by atoms with Gasteiger partial charge in [-0.25, -0.2) is 0 Å². The fourth-order valence-electron chi connectivity index (χ4n) is 1.38. The molecule has 1 aromatic rings. The lowest BCUT2D eigenvalue weighted by atomic mass is 10.1. The van der Waals surface area contributed by atoms with Gasteiger partial charge in [-0.2, -0.15) is 0 Å². The van der Waals surface area contributed by atoms with Gasteiger partial charge in [0.15, 0.2) is 0 Å². The first-order valence-electron chi connectivity index (χ1n) is 5.49. The second-order valence-electron chi connectivity index (χ2n) is 4.07. The smallest absolute Gasteiger partial charge is 0.126 e. The van der Waals surface area contributed by atoms with Crippen molar-refractivity contribution in [3.63, 3.8) is 0 Å². The van der Waals surface area contributed by atoms with E-state index in [4.69, 9.17) is 10.5 Å². The molecule has 1 heterocycles. The summed E-state index contributed by atoms with van der Waals surface area (Å²) in [5.41, 5.74) is 6.56. The molecule has 0 atom stereocenters. The predicted molar refractivity (Wildman–Crippen MR) is 61.7 cm³/mol. The minimum absolute atomic E-state index is 0.480. The van der Waals surface area contributed by atoms with Gasteiger partial charge in [0.1, 0.15) is 5.75 Å². The van der Waals surface area contributed by atoms with Crippen LogP contribution in [0.2, 0.25) is 0 Å². The first-order chi connectivity index (χ1) is 7.24. The van der Waals surface area contributed by atoms with Gasteiger partial charge in [-0.3, -0.25) is 4.98 Å². The number of hydrogen-bond donors (Lipinski definition) is 1. The lowest BCUT2D eigenvalue weighted by Crippen LogP contribution is -2.05. The third-order valence-electron chi connectivity index (χ3n) is 2.26. The van der Waals surface area contributed by atoms with E-state index < -0.39 is 0 Å². The highest BCUT2D eigenvalue weighted by molar-refractivity contribution is 5.29. The zero-order valence-corrected chi connectivity index (χ0v) is 9.57. The Labute approximate surface area is 91.7 Å². The van der Waals surface area contributed by atoms with Crippen LogP contribution in [0.15, 0.2) is 18.5 Å². The predicted octanol–water partition coefficient (Wildman–Crippen LogP) is 2.36. The van der Waals surface area contributed by atoms with Gasteiger partial charge in [-0.1, -0.05) is 13.8 Å². The maximum Gasteiger partial charge on any atom is 0.126 e. The largest absolute Gasteiger partial charge is 0.493 e. The van der Waals surface area contributed by atoms with Gasteiger partial charge in [0, 0.05) is 24.5 Å². The van der Waals surface area contributed by atoms with Crippen molar-refractivity contribution in [2.75, 3.05) is 6.61 Å². The molecule has 0 aliphatic rings. The molecule has 1 aromatic heterocycles. The third kappa shape index (κ3) is 4.30. The van der Waals surface area contributed by atoms with Crippen LogP contribution < -0.4 is 10.5 Å². The summed E-state index contributed by atoms with van der Waals surface area (Å²) in [6, 6.07) is 1.87. The van der Waals surface area contributed by atoms with Crippen LogP contribution in [0.4, 0.5) is 0 Å². The minimum atomic E-state index is 0.480. The Bertz CT molecular complexity index is 287. The molecule has 84 valence electrons. The van der Waals surface area contributed by atoms with Crippen molar-refractivity contribution in [1.29, 1.82) is 0 Å². The number of hydrogen-bond acceptors (Lipinski definition) is 3. The normalized spacial score (nSPS) is 10.7. The molecular formula is C12H20N2O. The van der Waals surface area contributed by atoms with Gasteiger partial charge in [0.25, 0.3) is 0 Å². The number of ether oxygens (including phenoxy) is 1. The van der Waals surface area contributed by atoms with Crippen LogP contribution in [-0.4, -0.2) is 11.6 Å². The Balaban J connectivity index is 2.36. The van der Waals surface area contributed by atoms with E-state index in [0.717, 1.165) is 30.3 Å². The standard InChI is InChI=1S/C12H20N2O/c1-10(2)4-3-7-15-12-5-6-14-9-11(12)8-13/h5-6,9-10H,3-4,7-8,13H2,1-2H3. The molecule has 0 fully saturated rings. The SMILES string of the molecule is CC(C)CCCOc1ccncc1CN. The van der Waals surface area contributed by atoms with Crippen LogP contribution in [-0.2, 0) is 6.54 Å². The summed E-state index contributed by atoms with van der Waals surface area (Å²) in [6.45, 7) is 5.68. The second kappa shape index (κ2) is 6.40. The van der Waals surface area contributed by atoms with Crippen LogP contribution >= 0.6 is 0 Å². The van der Waals surface area contributed by atoms with Gasteiger partial charge >= 0.3 is 0 Å². The molecule has 2 N–H and O–H groups in total. The van der Waals surface area contributed by atoms with Crippen molar-refractivity contribution in [3.8, 4) is 5.75 Å². The van der Waals surface area contributed by atoms with Crippen LogP contribution in [0.5, 0.6) is 5.75 Å². The van der Waals surface area contributed by atoms with E-state index in [9.17, 15) is 0 Å². The summed E-state index contributed by atoms with van der Waals surface area (Å²) < 4.78 is 5.66. The van der Waals surface area contributed by atoms with Gasteiger partial charge in [0.05, 0.1) is 6.61 Å². The van der Waals surface area contributed by atoms with E-state index in [-0.39, 0.29) is 0 Å². The number of nitrogens with two attached hydrogens (primary N) is 1. The highest BCUT2D eigenvalue weighted by Gasteiger charge is 2.01. The molecule has 1 rings (SSSR count). The molecular weight excluding hydrogens is 188 g/mol. The van der Waals surface area contributed by atoms with Crippen LogP contribution in [0, 0.1) is 5.92 Å². The Morgan fingerprint density at radius 1 is 1.47 bits per heavy atom. The number of aromatic nitrogens is 1. The quantitative estimate of drug-likeness (QED) is 0.730. The first-order valence-corrected chi connectivity index (χ1v) is 5.49. The van der Waals surface area contributed by atoms with Crippen molar-refractivity contribution in [3.05, 3.63) is 24.0 Å². The lowest BCUT2D eigenvalue weighted by molar-refractivity contribution is 0.294. The van der Waals surface area contributed by atoms with Gasteiger partial charge in [0.2, 0.25) is 0 Å². The molecule has 0 amide bonds. The molecule has 0 radical (unpaired) electrons. The van der Waals surface area contributed by atoms with Crippen molar-refractivity contribution in [1.82, 2.24) is 4.98 Å². The van der Waals surface area contributed by atoms with E-state index in [0.29, 0.717) is 6.54 Å². The average Bonchev–Trinajstić information content (AvgIpc) is 2.24. The lowest BCUT2D eigenvalue weighted by Gasteiger charge is -2.10. The molecule has 3 heteroatoms. The molecule has 15 heavy (non-hydrogen) atoms. The topological polar surface area (TPSA) is 48.1 Å². The first kappa shape index (κ1) is 12.0. The molecule has 0 bridgehead atoms. The number of rotatable bonds is 6. The second-order valence-corrected chi connectivity index (χ2v) is 4.07. The Hall–Kier alpha value is -1.09. The highest BCUT2D eigenvalue weighted by atomic mass is 16.5. The maximum absolute atomic E-state index is 5.66. The van der Waals surface area contributed by atoms with Gasteiger partial charge in [-0.15, -0.1) is 0 Å². The van der Waals surface area contributed by atoms with Crippen LogP contribution in [0.1, 0.15) is 32.3 Å². The van der Waals surface area contributed by atoms with Crippen molar-refractivity contribution in [2.24, 2.45) is 11.7 Å². The fraction of sp³-hybridized carbons (Fsp3) is 0.583. The van der Waals surface area contributed by atoms with Gasteiger partial charge in [-0.05, 0) is 24.8 Å². The monoisotopic (exact) mass is 208 g/mol. The molecule has 0 unspecified atom stereocenters. The average molecular weight is 208 g/mol. The molecule has 0 saturated carbocycles. The minimum Gasteiger partial charge on any atom is -0.493 e. The van der Waals surface area contributed by atoms with Crippen molar-refractivity contribution >= 4 is 0 Å². The van der Waals surface area contributed by atoms with E-state index in [1.54, 1.807) is 12.4 Å². The van der Waals surface area contributed by atoms with Crippen LogP contribution in [0.25, 0.3) is 0 Å². The van der Waals surface area contributed by atoms with E-state index in [2.05, 4.69) is 18.8 Å². The zero-order valence-electron chi connectivity index (χ0n) is 9.57. The Kier molecular flexibility index (Phi) is 5.12. The molecule has 3 nitrogen and oxygen atoms in total. The Morgan fingerprint density at radius 3 is 2.93 bits per heavy atom. The summed E-state index contributed by atoms with van der Waals surface area (Å²) in [5, 5.41) is 0. The van der Waals surface area contributed by atoms with E-state index >= 15 is 0 Å². The summed E-state index contributed by atoms with van der Waals surface area (Å²) in [5.74, 6) is 1.61. The third-order valence-corrected chi connectivity index (χ3v) is 2.26. The highest BCUT2D eigenvalue weighted by Crippen LogP contribution is 2.16. The summed E-state index contributed by atoms with van der Waals surface area (Å²) in [4.78, 5) is 4.01. The van der Waals surface area contributed by atoms with E-state index in [1.807, 2.05) is 6.07 Å². The summed E-state index contributed by atoms with van der Waals surface area (Å²) in [7, 11) is 0. The van der Waals surface area contributed by atoms with Crippen LogP contribution in [0.3, 0.4) is 0 Å². The van der Waals surface area contributed by atoms with Gasteiger partial charge < -0.3 is 10.5 Å². The Morgan fingerprint density at radius 2 is 2.27 bits per heavy atom. The molecule has 0 aliphatic carbocycles. The van der Waals surface area contributed by atoms with E-state index in [1.165, 1.54) is 6.42 Å². The number of pyridine rings is 1. The molecule has 0 aliphatic heterocycles. The summed E-state index contributed by atoms with van der Waals surface area (Å²) >= 11 is 0. The summed E-state index contributed by atoms with van der Waals surface area (Å²) in [6.07, 6.45) is 5.78. The molecule has 0 spiro atoms.